The molecule has 28 heavy (non-hydrogen) atoms. The largest absolute Gasteiger partial charge is 0.497 e. The molecule has 1 aromatic heterocycles. The van der Waals surface area contributed by atoms with Crippen molar-refractivity contribution in [3.63, 3.8) is 0 Å². The predicted molar refractivity (Wildman–Crippen MR) is 106 cm³/mol. The normalized spacial score (nSPS) is 21.5. The van der Waals surface area contributed by atoms with Crippen LogP contribution in [-0.4, -0.2) is 52.4 Å². The summed E-state index contributed by atoms with van der Waals surface area (Å²) in [6.45, 7) is 3.71. The Morgan fingerprint density at radius 2 is 1.96 bits per heavy atom. The SMILES string of the molecule is COc1ccc(CN2CCC3(CC2)c2nc[nH]c2CCN3C(=O)C2CC2)cc1. The molecule has 6 nitrogen and oxygen atoms in total. The van der Waals surface area contributed by atoms with Crippen LogP contribution in [0.3, 0.4) is 0 Å². The number of imidazole rings is 1. The Morgan fingerprint density at radius 3 is 2.64 bits per heavy atom. The number of aromatic amines is 1. The second kappa shape index (κ2) is 6.92. The van der Waals surface area contributed by atoms with Gasteiger partial charge in [-0.15, -0.1) is 0 Å². The summed E-state index contributed by atoms with van der Waals surface area (Å²) in [4.78, 5) is 25.8. The Balaban J connectivity index is 1.34. The number of H-pyrrole nitrogens is 1. The average Bonchev–Trinajstić information content (AvgIpc) is 3.47. The Labute approximate surface area is 165 Å². The van der Waals surface area contributed by atoms with Crippen LogP contribution in [-0.2, 0) is 23.3 Å². The molecular weight excluding hydrogens is 352 g/mol. The number of nitrogens with zero attached hydrogens (tertiary/aromatic N) is 3. The summed E-state index contributed by atoms with van der Waals surface area (Å²) in [6.07, 6.45) is 6.73. The van der Waals surface area contributed by atoms with Gasteiger partial charge in [0.05, 0.1) is 24.7 Å². The number of carbonyl (C=O) groups excluding carboxylic acids is 1. The number of nitrogens with one attached hydrogen (secondary N) is 1. The van der Waals surface area contributed by atoms with Gasteiger partial charge in [-0.25, -0.2) is 4.98 Å². The van der Waals surface area contributed by atoms with Gasteiger partial charge < -0.3 is 14.6 Å². The molecule has 3 heterocycles. The quantitative estimate of drug-likeness (QED) is 0.886. The number of fused-ring (bicyclic) bond motifs is 2. The zero-order valence-electron chi connectivity index (χ0n) is 16.5. The van der Waals surface area contributed by atoms with Crippen molar-refractivity contribution >= 4 is 5.91 Å². The van der Waals surface area contributed by atoms with Crippen molar-refractivity contribution in [3.05, 3.63) is 47.5 Å². The summed E-state index contributed by atoms with van der Waals surface area (Å²) in [5.41, 5.74) is 3.43. The van der Waals surface area contributed by atoms with Crippen LogP contribution in [0.25, 0.3) is 0 Å². The van der Waals surface area contributed by atoms with Gasteiger partial charge >= 0.3 is 0 Å². The van der Waals surface area contributed by atoms with Crippen molar-refractivity contribution in [2.45, 2.75) is 44.2 Å². The molecule has 1 N–H and O–H groups in total. The van der Waals surface area contributed by atoms with E-state index in [4.69, 9.17) is 9.72 Å². The van der Waals surface area contributed by atoms with Crippen molar-refractivity contribution in [2.24, 2.45) is 5.92 Å². The van der Waals surface area contributed by atoms with E-state index in [1.54, 1.807) is 13.4 Å². The van der Waals surface area contributed by atoms with Crippen LogP contribution < -0.4 is 4.74 Å². The van der Waals surface area contributed by atoms with Gasteiger partial charge in [-0.05, 0) is 43.4 Å². The maximum Gasteiger partial charge on any atom is 0.226 e. The molecule has 0 bridgehead atoms. The lowest BCUT2D eigenvalue weighted by Crippen LogP contribution is -2.58. The van der Waals surface area contributed by atoms with E-state index in [0.29, 0.717) is 5.91 Å². The lowest BCUT2D eigenvalue weighted by molar-refractivity contribution is -0.143. The average molecular weight is 380 g/mol. The number of hydrogen-bond donors (Lipinski definition) is 1. The monoisotopic (exact) mass is 380 g/mol. The van der Waals surface area contributed by atoms with Gasteiger partial charge in [0.2, 0.25) is 5.91 Å². The summed E-state index contributed by atoms with van der Waals surface area (Å²) in [5.74, 6) is 1.51. The molecule has 2 fully saturated rings. The molecule has 2 aromatic rings. The Kier molecular flexibility index (Phi) is 4.38. The summed E-state index contributed by atoms with van der Waals surface area (Å²) >= 11 is 0. The zero-order chi connectivity index (χ0) is 19.1. The number of ether oxygens (including phenoxy) is 1. The maximum absolute atomic E-state index is 13.1. The molecule has 1 saturated carbocycles. The zero-order valence-corrected chi connectivity index (χ0v) is 16.5. The molecule has 1 aromatic carbocycles. The van der Waals surface area contributed by atoms with Gasteiger partial charge in [-0.2, -0.15) is 0 Å². The van der Waals surface area contributed by atoms with Crippen LogP contribution in [0.5, 0.6) is 5.75 Å². The lowest BCUT2D eigenvalue weighted by Gasteiger charge is -2.50. The van der Waals surface area contributed by atoms with E-state index >= 15 is 0 Å². The molecule has 1 aliphatic carbocycles. The fourth-order valence-corrected chi connectivity index (χ4v) is 4.93. The molecule has 1 amide bonds. The number of rotatable bonds is 4. The van der Waals surface area contributed by atoms with E-state index < -0.39 is 0 Å². The number of aromatic nitrogens is 2. The van der Waals surface area contributed by atoms with Crippen LogP contribution in [0.4, 0.5) is 0 Å². The van der Waals surface area contributed by atoms with Gasteiger partial charge in [-0.1, -0.05) is 12.1 Å². The first-order chi connectivity index (χ1) is 13.7. The number of benzene rings is 1. The number of carbonyl (C=O) groups is 1. The smallest absolute Gasteiger partial charge is 0.226 e. The van der Waals surface area contributed by atoms with Crippen molar-refractivity contribution in [2.75, 3.05) is 26.7 Å². The molecule has 3 aliphatic rings. The predicted octanol–water partition coefficient (Wildman–Crippen LogP) is 2.70. The van der Waals surface area contributed by atoms with Gasteiger partial charge in [0, 0.05) is 44.2 Å². The van der Waals surface area contributed by atoms with Crippen LogP contribution in [0.15, 0.2) is 30.6 Å². The lowest BCUT2D eigenvalue weighted by atomic mass is 9.78. The third-order valence-electron chi connectivity index (χ3n) is 6.70. The second-order valence-corrected chi connectivity index (χ2v) is 8.40. The summed E-state index contributed by atoms with van der Waals surface area (Å²) in [5, 5.41) is 0. The third-order valence-corrected chi connectivity index (χ3v) is 6.70. The number of hydrogen-bond acceptors (Lipinski definition) is 4. The highest BCUT2D eigenvalue weighted by Crippen LogP contribution is 2.45. The number of methoxy groups -OCH3 is 1. The standard InChI is InChI=1S/C22H28N4O2/c1-28-18-6-2-16(3-7-18)14-25-12-9-22(10-13-25)20-19(23-15-24-20)8-11-26(22)21(27)17-4-5-17/h2-3,6-7,15,17H,4-5,8-14H2,1H3,(H,23,24). The summed E-state index contributed by atoms with van der Waals surface area (Å²) in [6, 6.07) is 8.32. The third kappa shape index (κ3) is 3.00. The van der Waals surface area contributed by atoms with Gasteiger partial charge in [-0.3, -0.25) is 9.69 Å². The van der Waals surface area contributed by atoms with Crippen LogP contribution in [0, 0.1) is 5.92 Å². The molecule has 0 atom stereocenters. The number of piperidine rings is 1. The second-order valence-electron chi connectivity index (χ2n) is 8.40. The summed E-state index contributed by atoms with van der Waals surface area (Å²) in [7, 11) is 1.70. The number of likely N-dealkylation sites (tertiary alicyclic amines) is 1. The Bertz CT molecular complexity index is 848. The van der Waals surface area contributed by atoms with E-state index in [0.717, 1.165) is 69.7 Å². The maximum atomic E-state index is 13.1. The number of amides is 1. The van der Waals surface area contributed by atoms with Crippen molar-refractivity contribution in [1.82, 2.24) is 19.8 Å². The van der Waals surface area contributed by atoms with Crippen molar-refractivity contribution in [1.29, 1.82) is 0 Å². The minimum atomic E-state index is -0.219. The van der Waals surface area contributed by atoms with E-state index in [1.165, 1.54) is 11.3 Å². The minimum Gasteiger partial charge on any atom is -0.497 e. The Hall–Kier alpha value is -2.34. The highest BCUT2D eigenvalue weighted by atomic mass is 16.5. The molecular formula is C22H28N4O2. The summed E-state index contributed by atoms with van der Waals surface area (Å²) < 4.78 is 5.26. The fraction of sp³-hybridized carbons (Fsp3) is 0.545. The highest BCUT2D eigenvalue weighted by Gasteiger charge is 2.50. The molecule has 1 saturated heterocycles. The van der Waals surface area contributed by atoms with Crippen LogP contribution >= 0.6 is 0 Å². The van der Waals surface area contributed by atoms with Crippen LogP contribution in [0.2, 0.25) is 0 Å². The molecule has 0 radical (unpaired) electrons. The molecule has 2 aliphatic heterocycles. The first-order valence-electron chi connectivity index (χ1n) is 10.4. The molecule has 6 heteroatoms. The van der Waals surface area contributed by atoms with Crippen LogP contribution in [0.1, 0.15) is 42.6 Å². The molecule has 148 valence electrons. The van der Waals surface area contributed by atoms with E-state index in [1.807, 2.05) is 12.1 Å². The Morgan fingerprint density at radius 1 is 1.21 bits per heavy atom. The van der Waals surface area contributed by atoms with Crippen molar-refractivity contribution in [3.8, 4) is 5.75 Å². The molecule has 0 unspecified atom stereocenters. The van der Waals surface area contributed by atoms with E-state index in [9.17, 15) is 4.79 Å². The minimum absolute atomic E-state index is 0.219. The molecule has 5 rings (SSSR count). The van der Waals surface area contributed by atoms with Gasteiger partial charge in [0.25, 0.3) is 0 Å². The van der Waals surface area contributed by atoms with Gasteiger partial charge in [0.15, 0.2) is 0 Å². The van der Waals surface area contributed by atoms with E-state index in [-0.39, 0.29) is 11.5 Å². The first-order valence-corrected chi connectivity index (χ1v) is 10.4. The van der Waals surface area contributed by atoms with E-state index in [2.05, 4.69) is 26.9 Å². The van der Waals surface area contributed by atoms with Gasteiger partial charge in [0.1, 0.15) is 5.75 Å². The molecule has 1 spiro atoms. The topological polar surface area (TPSA) is 61.5 Å². The van der Waals surface area contributed by atoms with Crippen molar-refractivity contribution < 1.29 is 9.53 Å². The highest BCUT2D eigenvalue weighted by molar-refractivity contribution is 5.82. The first kappa shape index (κ1) is 17.7. The fourth-order valence-electron chi connectivity index (χ4n) is 4.93.